The molecule has 2 atom stereocenters. The van der Waals surface area contributed by atoms with Crippen LogP contribution in [0.2, 0.25) is 0 Å². The van der Waals surface area contributed by atoms with Crippen LogP contribution in [0.15, 0.2) is 20.0 Å². The lowest BCUT2D eigenvalue weighted by Gasteiger charge is -2.21. The van der Waals surface area contributed by atoms with Crippen molar-refractivity contribution in [2.75, 3.05) is 19.6 Å². The Kier molecular flexibility index (Phi) is 6.00. The molecule has 5 heteroatoms. The van der Waals surface area contributed by atoms with Gasteiger partial charge in [-0.1, -0.05) is 20.8 Å². The topological polar surface area (TPSA) is 52.7 Å². The molecule has 0 radical (unpaired) electrons. The molecular weight excluding hydrogens is 274 g/mol. The van der Waals surface area contributed by atoms with Gasteiger partial charge in [0.25, 0.3) is 0 Å². The Labute approximate surface area is 134 Å². The van der Waals surface area contributed by atoms with E-state index in [0.29, 0.717) is 0 Å². The number of hydrogen-bond donors (Lipinski definition) is 0. The maximum absolute atomic E-state index is 4.74. The van der Waals surface area contributed by atoms with E-state index in [9.17, 15) is 0 Å². The number of nitrogens with zero attached hydrogens (tertiary/aromatic N) is 5. The molecule has 2 aliphatic heterocycles. The van der Waals surface area contributed by atoms with Crippen LogP contribution in [-0.2, 0) is 0 Å². The van der Waals surface area contributed by atoms with Crippen LogP contribution in [0, 0.1) is 0 Å². The lowest BCUT2D eigenvalue weighted by atomic mass is 10.2. The van der Waals surface area contributed by atoms with Gasteiger partial charge in [0, 0.05) is 13.1 Å². The monoisotopic (exact) mass is 303 g/mol. The summed E-state index contributed by atoms with van der Waals surface area (Å²) in [6.07, 6.45) is 3.35. The standard InChI is InChI=1S/C17H29N5/c1-6-9-22(10-14-12(4)18-16(7-2)20-14)11-15-13(5)19-17(8-3)21-15/h16-17H,6-11H2,1-5H3. The van der Waals surface area contributed by atoms with Gasteiger partial charge in [-0.3, -0.25) is 24.9 Å². The van der Waals surface area contributed by atoms with Gasteiger partial charge in [0.2, 0.25) is 0 Å². The highest BCUT2D eigenvalue weighted by molar-refractivity contribution is 6.44. The first-order chi connectivity index (χ1) is 10.6. The molecule has 0 aromatic carbocycles. The van der Waals surface area contributed by atoms with Crippen LogP contribution < -0.4 is 0 Å². The number of hydrogen-bond acceptors (Lipinski definition) is 5. The van der Waals surface area contributed by atoms with Crippen LogP contribution in [0.4, 0.5) is 0 Å². The largest absolute Gasteiger partial charge is 0.292 e. The van der Waals surface area contributed by atoms with Gasteiger partial charge in [-0.05, 0) is 39.7 Å². The molecule has 0 N–H and O–H groups in total. The van der Waals surface area contributed by atoms with Crippen LogP contribution in [0.5, 0.6) is 0 Å². The second kappa shape index (κ2) is 7.77. The predicted octanol–water partition coefficient (Wildman–Crippen LogP) is 3.00. The van der Waals surface area contributed by atoms with Crippen molar-refractivity contribution in [1.29, 1.82) is 0 Å². The molecule has 0 amide bonds. The van der Waals surface area contributed by atoms with Gasteiger partial charge in [-0.25, -0.2) is 0 Å². The first-order valence-electron chi connectivity index (χ1n) is 8.52. The van der Waals surface area contributed by atoms with Crippen LogP contribution in [0.25, 0.3) is 0 Å². The molecule has 2 rings (SSSR count). The Bertz CT molecular complexity index is 471. The molecule has 0 aromatic rings. The summed E-state index contributed by atoms with van der Waals surface area (Å²) in [4.78, 5) is 21.1. The van der Waals surface area contributed by atoms with Crippen LogP contribution >= 0.6 is 0 Å². The minimum Gasteiger partial charge on any atom is -0.292 e. The molecule has 122 valence electrons. The highest BCUT2D eigenvalue weighted by Crippen LogP contribution is 2.13. The van der Waals surface area contributed by atoms with Crippen molar-refractivity contribution in [1.82, 2.24) is 4.90 Å². The van der Waals surface area contributed by atoms with Crippen molar-refractivity contribution in [3.63, 3.8) is 0 Å². The summed E-state index contributed by atoms with van der Waals surface area (Å²) in [6, 6.07) is 0. The van der Waals surface area contributed by atoms with Gasteiger partial charge < -0.3 is 0 Å². The van der Waals surface area contributed by atoms with E-state index < -0.39 is 0 Å². The first kappa shape index (κ1) is 17.0. The molecule has 0 bridgehead atoms. The second-order valence-corrected chi connectivity index (χ2v) is 6.07. The Morgan fingerprint density at radius 1 is 0.773 bits per heavy atom. The van der Waals surface area contributed by atoms with Gasteiger partial charge in [0.1, 0.15) is 12.3 Å². The normalized spacial score (nSPS) is 24.5. The molecule has 2 unspecified atom stereocenters. The molecule has 2 heterocycles. The van der Waals surface area contributed by atoms with Crippen molar-refractivity contribution in [2.24, 2.45) is 20.0 Å². The summed E-state index contributed by atoms with van der Waals surface area (Å²) in [6.45, 7) is 13.4. The second-order valence-electron chi connectivity index (χ2n) is 6.07. The minimum absolute atomic E-state index is 0.134. The van der Waals surface area contributed by atoms with E-state index in [1.807, 2.05) is 0 Å². The van der Waals surface area contributed by atoms with E-state index >= 15 is 0 Å². The van der Waals surface area contributed by atoms with Crippen LogP contribution in [0.3, 0.4) is 0 Å². The Morgan fingerprint density at radius 2 is 1.23 bits per heavy atom. The summed E-state index contributed by atoms with van der Waals surface area (Å²) in [5, 5.41) is 0. The third-order valence-corrected chi connectivity index (χ3v) is 4.15. The van der Waals surface area contributed by atoms with E-state index in [4.69, 9.17) is 9.98 Å². The maximum Gasteiger partial charge on any atom is 0.140 e. The fourth-order valence-electron chi connectivity index (χ4n) is 2.83. The lowest BCUT2D eigenvalue weighted by Crippen LogP contribution is -2.38. The molecule has 0 spiro atoms. The molecule has 0 aliphatic carbocycles. The zero-order chi connectivity index (χ0) is 16.1. The number of aliphatic imine (C=N–C) groups is 4. The van der Waals surface area contributed by atoms with Crippen molar-refractivity contribution < 1.29 is 0 Å². The molecule has 5 nitrogen and oxygen atoms in total. The Hall–Kier alpha value is -1.36. The third kappa shape index (κ3) is 4.09. The van der Waals surface area contributed by atoms with Crippen LogP contribution in [0.1, 0.15) is 53.9 Å². The fourth-order valence-corrected chi connectivity index (χ4v) is 2.83. The van der Waals surface area contributed by atoms with E-state index in [1.54, 1.807) is 0 Å². The smallest absolute Gasteiger partial charge is 0.140 e. The summed E-state index contributed by atoms with van der Waals surface area (Å²) < 4.78 is 0. The lowest BCUT2D eigenvalue weighted by molar-refractivity contribution is 0.356. The van der Waals surface area contributed by atoms with E-state index in [1.165, 1.54) is 0 Å². The van der Waals surface area contributed by atoms with Crippen molar-refractivity contribution in [3.05, 3.63) is 0 Å². The summed E-state index contributed by atoms with van der Waals surface area (Å²) in [5.74, 6) is 0. The van der Waals surface area contributed by atoms with Gasteiger partial charge in [0.15, 0.2) is 0 Å². The SMILES string of the molecule is CCCN(CC1=NC(CC)N=C1C)CC1=NC(CC)N=C1C. The Morgan fingerprint density at radius 3 is 1.55 bits per heavy atom. The molecular formula is C17H29N5. The highest BCUT2D eigenvalue weighted by atomic mass is 15.2. The fraction of sp³-hybridized carbons (Fsp3) is 0.765. The van der Waals surface area contributed by atoms with Gasteiger partial charge in [0.05, 0.1) is 22.8 Å². The molecule has 22 heavy (non-hydrogen) atoms. The molecule has 0 fully saturated rings. The van der Waals surface area contributed by atoms with Gasteiger partial charge in [-0.2, -0.15) is 0 Å². The van der Waals surface area contributed by atoms with Crippen molar-refractivity contribution in [2.45, 2.75) is 66.2 Å². The van der Waals surface area contributed by atoms with Crippen molar-refractivity contribution in [3.8, 4) is 0 Å². The molecule has 0 aromatic heterocycles. The zero-order valence-electron chi connectivity index (χ0n) is 14.6. The molecule has 0 saturated carbocycles. The Balaban J connectivity index is 2.03. The maximum atomic E-state index is 4.74. The quantitative estimate of drug-likeness (QED) is 0.680. The zero-order valence-corrected chi connectivity index (χ0v) is 14.6. The minimum atomic E-state index is 0.134. The summed E-state index contributed by atoms with van der Waals surface area (Å²) in [5.41, 5.74) is 4.47. The van der Waals surface area contributed by atoms with E-state index in [2.05, 4.69) is 49.5 Å². The highest BCUT2D eigenvalue weighted by Gasteiger charge is 2.22. The summed E-state index contributed by atoms with van der Waals surface area (Å²) >= 11 is 0. The summed E-state index contributed by atoms with van der Waals surface area (Å²) in [7, 11) is 0. The first-order valence-corrected chi connectivity index (χ1v) is 8.52. The van der Waals surface area contributed by atoms with Gasteiger partial charge >= 0.3 is 0 Å². The van der Waals surface area contributed by atoms with Crippen molar-refractivity contribution >= 4 is 22.8 Å². The van der Waals surface area contributed by atoms with E-state index in [-0.39, 0.29) is 12.3 Å². The predicted molar refractivity (Wildman–Crippen MR) is 96.0 cm³/mol. The van der Waals surface area contributed by atoms with Crippen LogP contribution in [-0.4, -0.2) is 59.7 Å². The molecule has 2 aliphatic rings. The average molecular weight is 303 g/mol. The average Bonchev–Trinajstić information content (AvgIpc) is 3.03. The number of rotatable bonds is 8. The van der Waals surface area contributed by atoms with Gasteiger partial charge in [-0.15, -0.1) is 0 Å². The van der Waals surface area contributed by atoms with E-state index in [0.717, 1.165) is 61.7 Å². The molecule has 0 saturated heterocycles. The third-order valence-electron chi connectivity index (χ3n) is 4.15.